The molecule has 4 rings (SSSR count). The number of hydrogen-bond acceptors (Lipinski definition) is 3. The zero-order valence-corrected chi connectivity index (χ0v) is 18.8. The zero-order valence-electron chi connectivity index (χ0n) is 18.8. The minimum atomic E-state index is -0.0632. The molecule has 0 atom stereocenters. The monoisotopic (exact) mass is 420 g/mol. The summed E-state index contributed by atoms with van der Waals surface area (Å²) in [6, 6.07) is 13.8. The van der Waals surface area contributed by atoms with Gasteiger partial charge >= 0.3 is 0 Å². The van der Waals surface area contributed by atoms with E-state index in [9.17, 15) is 9.59 Å². The second-order valence-electron chi connectivity index (χ2n) is 9.24. The minimum Gasteiger partial charge on any atom is -0.482 e. The van der Waals surface area contributed by atoms with Crippen molar-refractivity contribution in [3.05, 3.63) is 59.2 Å². The van der Waals surface area contributed by atoms with Crippen LogP contribution in [0.15, 0.2) is 42.5 Å². The van der Waals surface area contributed by atoms with Gasteiger partial charge in [0.05, 0.1) is 12.2 Å². The molecule has 0 radical (unpaired) electrons. The van der Waals surface area contributed by atoms with E-state index in [0.29, 0.717) is 12.1 Å². The molecule has 0 aliphatic carbocycles. The highest BCUT2D eigenvalue weighted by molar-refractivity contribution is 5.98. The van der Waals surface area contributed by atoms with Crippen molar-refractivity contribution in [1.82, 2.24) is 4.90 Å². The van der Waals surface area contributed by atoms with E-state index in [1.807, 2.05) is 35.2 Å². The molecule has 0 saturated carbocycles. The van der Waals surface area contributed by atoms with Gasteiger partial charge in [-0.2, -0.15) is 0 Å². The average molecular weight is 421 g/mol. The van der Waals surface area contributed by atoms with Gasteiger partial charge in [-0.1, -0.05) is 39.0 Å². The summed E-state index contributed by atoms with van der Waals surface area (Å²) in [5.41, 5.74) is 3.65. The van der Waals surface area contributed by atoms with Gasteiger partial charge in [-0.05, 0) is 66.5 Å². The van der Waals surface area contributed by atoms with Crippen LogP contribution in [0.25, 0.3) is 0 Å². The number of nitrogens with zero attached hydrogens (tertiary/aromatic N) is 2. The van der Waals surface area contributed by atoms with Gasteiger partial charge in [-0.25, -0.2) is 0 Å². The van der Waals surface area contributed by atoms with Crippen LogP contribution in [0.4, 0.5) is 5.69 Å². The molecule has 2 heterocycles. The molecule has 2 aromatic rings. The van der Waals surface area contributed by atoms with Crippen LogP contribution in [0.3, 0.4) is 0 Å². The number of fused-ring (bicyclic) bond motifs is 1. The molecule has 2 aliphatic rings. The maximum absolute atomic E-state index is 12.9. The molecule has 31 heavy (non-hydrogen) atoms. The van der Waals surface area contributed by atoms with Crippen LogP contribution in [0.1, 0.15) is 67.9 Å². The maximum atomic E-state index is 12.9. The summed E-state index contributed by atoms with van der Waals surface area (Å²) in [4.78, 5) is 29.4. The number of benzene rings is 2. The minimum absolute atomic E-state index is 0.0158. The topological polar surface area (TPSA) is 49.9 Å². The van der Waals surface area contributed by atoms with Gasteiger partial charge in [0, 0.05) is 18.7 Å². The first kappa shape index (κ1) is 21.4. The van der Waals surface area contributed by atoms with Crippen molar-refractivity contribution in [2.24, 2.45) is 0 Å². The Morgan fingerprint density at radius 3 is 2.58 bits per heavy atom. The van der Waals surface area contributed by atoms with E-state index in [0.717, 1.165) is 49.4 Å². The molecule has 2 aromatic carbocycles. The van der Waals surface area contributed by atoms with Crippen molar-refractivity contribution in [1.29, 1.82) is 0 Å². The van der Waals surface area contributed by atoms with Gasteiger partial charge in [0.25, 0.3) is 11.8 Å². The smallest absolute Gasteiger partial charge is 0.265 e. The summed E-state index contributed by atoms with van der Waals surface area (Å²) in [7, 11) is 0. The fourth-order valence-corrected chi connectivity index (χ4v) is 4.27. The first-order valence-corrected chi connectivity index (χ1v) is 11.3. The molecule has 0 aromatic heterocycles. The summed E-state index contributed by atoms with van der Waals surface area (Å²) < 4.78 is 5.69. The van der Waals surface area contributed by atoms with Gasteiger partial charge in [-0.15, -0.1) is 0 Å². The molecular formula is C26H32N2O3. The third kappa shape index (κ3) is 4.46. The van der Waals surface area contributed by atoms with Gasteiger partial charge in [0.15, 0.2) is 6.61 Å². The van der Waals surface area contributed by atoms with Crippen molar-refractivity contribution >= 4 is 17.5 Å². The first-order valence-electron chi connectivity index (χ1n) is 11.3. The van der Waals surface area contributed by atoms with Gasteiger partial charge in [0.2, 0.25) is 0 Å². The highest BCUT2D eigenvalue weighted by Gasteiger charge is 2.28. The third-order valence-corrected chi connectivity index (χ3v) is 6.73. The van der Waals surface area contributed by atoms with Crippen LogP contribution in [0, 0.1) is 0 Å². The molecule has 2 amide bonds. The van der Waals surface area contributed by atoms with Crippen LogP contribution < -0.4 is 9.64 Å². The van der Waals surface area contributed by atoms with E-state index in [1.54, 1.807) is 4.90 Å². The number of likely N-dealkylation sites (tertiary alicyclic amines) is 1. The molecule has 0 N–H and O–H groups in total. The molecule has 5 heteroatoms. The number of carbonyl (C=O) groups excluding carboxylic acids is 2. The molecule has 0 spiro atoms. The number of ether oxygens (including phenoxy) is 1. The Labute approximate surface area is 185 Å². The molecule has 164 valence electrons. The Kier molecular flexibility index (Phi) is 6.03. The van der Waals surface area contributed by atoms with Crippen LogP contribution >= 0.6 is 0 Å². The van der Waals surface area contributed by atoms with E-state index in [4.69, 9.17) is 4.74 Å². The number of rotatable bonds is 5. The second kappa shape index (κ2) is 8.74. The summed E-state index contributed by atoms with van der Waals surface area (Å²) in [6.07, 6.45) is 4.34. The van der Waals surface area contributed by atoms with Crippen molar-refractivity contribution in [2.45, 2.75) is 58.4 Å². The lowest BCUT2D eigenvalue weighted by Crippen LogP contribution is -2.38. The standard InChI is InChI=1S/C26H32N2O3/c1-4-26(2,3)21-11-12-23-22(16-21)28(24(29)18-31-23)17-19-9-8-10-20(15-19)25(30)27-13-6-5-7-14-27/h8-12,15-16H,4-7,13-14,17-18H2,1-3H3. The van der Waals surface area contributed by atoms with Crippen molar-refractivity contribution < 1.29 is 14.3 Å². The van der Waals surface area contributed by atoms with Crippen molar-refractivity contribution in [3.63, 3.8) is 0 Å². The average Bonchev–Trinajstić information content (AvgIpc) is 2.81. The largest absolute Gasteiger partial charge is 0.482 e. The zero-order chi connectivity index (χ0) is 22.0. The number of amides is 2. The van der Waals surface area contributed by atoms with E-state index >= 15 is 0 Å². The van der Waals surface area contributed by atoms with Gasteiger partial charge < -0.3 is 14.5 Å². The van der Waals surface area contributed by atoms with Crippen LogP contribution in [-0.2, 0) is 16.8 Å². The van der Waals surface area contributed by atoms with Crippen molar-refractivity contribution in [2.75, 3.05) is 24.6 Å². The Morgan fingerprint density at radius 2 is 1.84 bits per heavy atom. The Balaban J connectivity index is 1.60. The predicted molar refractivity (Wildman–Crippen MR) is 123 cm³/mol. The Hall–Kier alpha value is -2.82. The summed E-state index contributed by atoms with van der Waals surface area (Å²) in [5.74, 6) is 0.754. The normalized spacial score (nSPS) is 16.7. The van der Waals surface area contributed by atoms with Crippen LogP contribution in [0.2, 0.25) is 0 Å². The van der Waals surface area contributed by atoms with Crippen molar-refractivity contribution in [3.8, 4) is 5.75 Å². The number of anilines is 1. The van der Waals surface area contributed by atoms with E-state index < -0.39 is 0 Å². The molecule has 1 fully saturated rings. The molecular weight excluding hydrogens is 388 g/mol. The van der Waals surface area contributed by atoms with Crippen LogP contribution in [0.5, 0.6) is 5.75 Å². The lowest BCUT2D eigenvalue weighted by atomic mass is 9.82. The number of carbonyl (C=O) groups is 2. The molecule has 5 nitrogen and oxygen atoms in total. The highest BCUT2D eigenvalue weighted by Crippen LogP contribution is 2.38. The molecule has 1 saturated heterocycles. The molecule has 0 unspecified atom stereocenters. The predicted octanol–water partition coefficient (Wildman–Crippen LogP) is 4.93. The summed E-state index contributed by atoms with van der Waals surface area (Å²) >= 11 is 0. The first-order chi connectivity index (χ1) is 14.9. The summed E-state index contributed by atoms with van der Waals surface area (Å²) in [5, 5.41) is 0. The molecule has 0 bridgehead atoms. The molecule has 2 aliphatic heterocycles. The quantitative estimate of drug-likeness (QED) is 0.689. The van der Waals surface area contributed by atoms with Gasteiger partial charge in [-0.3, -0.25) is 9.59 Å². The SMILES string of the molecule is CCC(C)(C)c1ccc2c(c1)N(Cc1cccc(C(=O)N3CCCCC3)c1)C(=O)CO2. The van der Waals surface area contributed by atoms with Crippen LogP contribution in [-0.4, -0.2) is 36.4 Å². The fourth-order valence-electron chi connectivity index (χ4n) is 4.27. The summed E-state index contributed by atoms with van der Waals surface area (Å²) in [6.45, 7) is 8.70. The number of hydrogen-bond donors (Lipinski definition) is 0. The lowest BCUT2D eigenvalue weighted by Gasteiger charge is -2.32. The fraction of sp³-hybridized carbons (Fsp3) is 0.462. The van der Waals surface area contributed by atoms with E-state index in [-0.39, 0.29) is 23.8 Å². The van der Waals surface area contributed by atoms with E-state index in [2.05, 4.69) is 32.9 Å². The lowest BCUT2D eigenvalue weighted by molar-refractivity contribution is -0.121. The van der Waals surface area contributed by atoms with Gasteiger partial charge in [0.1, 0.15) is 5.75 Å². The Morgan fingerprint density at radius 1 is 1.06 bits per heavy atom. The number of piperidine rings is 1. The second-order valence-corrected chi connectivity index (χ2v) is 9.24. The van der Waals surface area contributed by atoms with E-state index in [1.165, 1.54) is 12.0 Å². The highest BCUT2D eigenvalue weighted by atomic mass is 16.5. The maximum Gasteiger partial charge on any atom is 0.265 e. The third-order valence-electron chi connectivity index (χ3n) is 6.73. The Bertz CT molecular complexity index is 976.